The first-order valence-electron chi connectivity index (χ1n) is 9.92. The van der Waals surface area contributed by atoms with Crippen LogP contribution in [0.5, 0.6) is 0 Å². The van der Waals surface area contributed by atoms with Gasteiger partial charge in [-0.2, -0.15) is 0 Å². The quantitative estimate of drug-likeness (QED) is 0.283. The van der Waals surface area contributed by atoms with Crippen LogP contribution in [0.3, 0.4) is 0 Å². The van der Waals surface area contributed by atoms with Crippen LogP contribution in [0.4, 0.5) is 0 Å². The molecule has 1 rings (SSSR count). The maximum atomic E-state index is 11.1. The number of aliphatic carboxylic acids is 4. The average molecular weight is 496 g/mol. The van der Waals surface area contributed by atoms with Crippen LogP contribution in [-0.2, 0) is 36.2 Å². The zero-order chi connectivity index (χ0) is 22.5. The van der Waals surface area contributed by atoms with Crippen LogP contribution in [0.1, 0.15) is 12.8 Å². The smallest absolute Gasteiger partial charge is 0.317 e. The van der Waals surface area contributed by atoms with Gasteiger partial charge in [0.2, 0.25) is 0 Å². The van der Waals surface area contributed by atoms with Gasteiger partial charge in [-0.15, -0.1) is 0 Å². The summed E-state index contributed by atoms with van der Waals surface area (Å²) in [5.74, 6) is -3.92. The van der Waals surface area contributed by atoms with Crippen molar-refractivity contribution in [3.8, 4) is 0 Å². The Hall–Kier alpha value is -1.76. The molecule has 1 saturated heterocycles. The Morgan fingerprint density at radius 3 is 0.806 bits per heavy atom. The molecular formula is C18H32CuN4O8. The molecule has 0 atom stereocenters. The number of hydrogen-bond acceptors (Lipinski definition) is 8. The summed E-state index contributed by atoms with van der Waals surface area (Å²) in [6, 6.07) is 0. The molecule has 0 spiro atoms. The van der Waals surface area contributed by atoms with E-state index >= 15 is 0 Å². The van der Waals surface area contributed by atoms with E-state index in [-0.39, 0.29) is 43.2 Å². The van der Waals surface area contributed by atoms with E-state index in [1.807, 2.05) is 0 Å². The molecule has 0 amide bonds. The van der Waals surface area contributed by atoms with Gasteiger partial charge in [-0.05, 0) is 12.8 Å². The summed E-state index contributed by atoms with van der Waals surface area (Å²) >= 11 is 0. The third kappa shape index (κ3) is 14.8. The summed E-state index contributed by atoms with van der Waals surface area (Å²) in [5.41, 5.74) is 0. The summed E-state index contributed by atoms with van der Waals surface area (Å²) < 4.78 is 0. The number of carboxylic acid groups (broad SMARTS) is 4. The van der Waals surface area contributed by atoms with E-state index in [2.05, 4.69) is 0 Å². The van der Waals surface area contributed by atoms with E-state index in [0.717, 1.165) is 0 Å². The number of hydrogen-bond donors (Lipinski definition) is 4. The Balaban J connectivity index is 0.00000900. The van der Waals surface area contributed by atoms with Crippen molar-refractivity contribution in [3.05, 3.63) is 0 Å². The maximum absolute atomic E-state index is 11.1. The molecule has 0 saturated carbocycles. The Kier molecular flexibility index (Phi) is 15.0. The van der Waals surface area contributed by atoms with Crippen molar-refractivity contribution in [2.45, 2.75) is 12.8 Å². The fourth-order valence-corrected chi connectivity index (χ4v) is 3.45. The van der Waals surface area contributed by atoms with Gasteiger partial charge in [0.1, 0.15) is 0 Å². The molecule has 1 aliphatic rings. The second kappa shape index (κ2) is 16.0. The van der Waals surface area contributed by atoms with E-state index in [9.17, 15) is 19.2 Å². The summed E-state index contributed by atoms with van der Waals surface area (Å²) in [7, 11) is 0. The summed E-state index contributed by atoms with van der Waals surface area (Å²) in [4.78, 5) is 51.5. The van der Waals surface area contributed by atoms with Gasteiger partial charge < -0.3 is 20.4 Å². The molecular weight excluding hydrogens is 464 g/mol. The fraction of sp³-hybridized carbons (Fsp3) is 0.778. The van der Waals surface area contributed by atoms with E-state index in [1.54, 1.807) is 19.6 Å². The predicted molar refractivity (Wildman–Crippen MR) is 106 cm³/mol. The van der Waals surface area contributed by atoms with Gasteiger partial charge in [-0.1, -0.05) is 0 Å². The van der Waals surface area contributed by atoms with E-state index in [4.69, 9.17) is 20.4 Å². The molecule has 4 N–H and O–H groups in total. The number of rotatable bonds is 8. The zero-order valence-corrected chi connectivity index (χ0v) is 18.4. The van der Waals surface area contributed by atoms with Crippen LogP contribution in [0.2, 0.25) is 0 Å². The topological polar surface area (TPSA) is 162 Å². The minimum Gasteiger partial charge on any atom is -0.480 e. The molecule has 0 aromatic rings. The van der Waals surface area contributed by atoms with Crippen LogP contribution < -0.4 is 0 Å². The minimum absolute atomic E-state index is 0. The molecule has 0 unspecified atom stereocenters. The van der Waals surface area contributed by atoms with Crippen molar-refractivity contribution in [2.24, 2.45) is 0 Å². The van der Waals surface area contributed by atoms with Gasteiger partial charge in [0.25, 0.3) is 0 Å². The predicted octanol–water partition coefficient (Wildman–Crippen LogP) is -1.68. The largest absolute Gasteiger partial charge is 0.480 e. The van der Waals surface area contributed by atoms with Gasteiger partial charge in [0, 0.05) is 69.4 Å². The Bertz CT molecular complexity index is 497. The van der Waals surface area contributed by atoms with Crippen molar-refractivity contribution >= 4 is 23.9 Å². The van der Waals surface area contributed by atoms with Crippen LogP contribution in [0.25, 0.3) is 0 Å². The van der Waals surface area contributed by atoms with Crippen molar-refractivity contribution in [1.82, 2.24) is 19.6 Å². The minimum atomic E-state index is -0.979. The Morgan fingerprint density at radius 1 is 0.452 bits per heavy atom. The molecule has 1 fully saturated rings. The number of nitrogens with zero attached hydrogens (tertiary/aromatic N) is 4. The Labute approximate surface area is 191 Å². The molecule has 13 heteroatoms. The monoisotopic (exact) mass is 496 g/mol. The third-order valence-electron chi connectivity index (χ3n) is 4.80. The molecule has 12 nitrogen and oxygen atoms in total. The molecule has 0 aliphatic carbocycles. The SMILES string of the molecule is O=C(O)CN1CCCN(CC(=O)O)CCN(CC(=O)O)CCCN(CC(=O)O)CC1.[64Cu]. The van der Waals surface area contributed by atoms with E-state index in [0.29, 0.717) is 65.2 Å². The molecule has 31 heavy (non-hydrogen) atoms. The molecule has 0 aromatic carbocycles. The molecule has 1 heterocycles. The molecule has 0 aromatic heterocycles. The first-order valence-corrected chi connectivity index (χ1v) is 9.92. The van der Waals surface area contributed by atoms with Crippen LogP contribution >= 0.6 is 0 Å². The molecule has 1 aliphatic heterocycles. The average Bonchev–Trinajstić information content (AvgIpc) is 2.60. The van der Waals surface area contributed by atoms with Crippen molar-refractivity contribution in [1.29, 1.82) is 0 Å². The maximum Gasteiger partial charge on any atom is 0.317 e. The zero-order valence-electron chi connectivity index (χ0n) is 17.4. The molecule has 1 radical (unpaired) electrons. The standard InChI is InChI=1S/C18H32N4O8.Cu/c23-15(24)11-19-3-1-4-20(12-16(25)26)8-10-22(14-18(29)30)6-2-5-21(9-7-19)13-17(27)28;/h1-14H2,(H,23,24)(H,25,26)(H,27,28)(H,29,30);/i;1+0. The Morgan fingerprint density at radius 2 is 0.645 bits per heavy atom. The molecule has 0 bridgehead atoms. The van der Waals surface area contributed by atoms with E-state index in [1.165, 1.54) is 0 Å². The second-order valence-corrected chi connectivity index (χ2v) is 7.39. The van der Waals surface area contributed by atoms with Crippen molar-refractivity contribution < 1.29 is 56.7 Å². The van der Waals surface area contributed by atoms with Gasteiger partial charge >= 0.3 is 23.9 Å². The summed E-state index contributed by atoms with van der Waals surface area (Å²) in [6.45, 7) is 2.52. The van der Waals surface area contributed by atoms with Crippen molar-refractivity contribution in [3.63, 3.8) is 0 Å². The number of carbonyl (C=O) groups is 4. The summed E-state index contributed by atoms with van der Waals surface area (Å²) in [6.07, 6.45) is 1.08. The van der Waals surface area contributed by atoms with Gasteiger partial charge in [0.05, 0.1) is 26.2 Å². The molecule has 183 valence electrons. The first kappa shape index (κ1) is 29.2. The van der Waals surface area contributed by atoms with Gasteiger partial charge in [0.15, 0.2) is 0 Å². The first-order chi connectivity index (χ1) is 14.2. The normalized spacial score (nSPS) is 19.1. The summed E-state index contributed by atoms with van der Waals surface area (Å²) in [5, 5.41) is 36.5. The third-order valence-corrected chi connectivity index (χ3v) is 4.80. The fourth-order valence-electron chi connectivity index (χ4n) is 3.45. The van der Waals surface area contributed by atoms with Crippen LogP contribution in [0, 0.1) is 0 Å². The second-order valence-electron chi connectivity index (χ2n) is 7.39. The number of carboxylic acids is 4. The van der Waals surface area contributed by atoms with E-state index < -0.39 is 23.9 Å². The van der Waals surface area contributed by atoms with Gasteiger partial charge in [-0.25, -0.2) is 0 Å². The van der Waals surface area contributed by atoms with Crippen LogP contribution in [0.15, 0.2) is 0 Å². The van der Waals surface area contributed by atoms with Crippen LogP contribution in [-0.4, -0.2) is 142 Å². The van der Waals surface area contributed by atoms with Gasteiger partial charge in [-0.3, -0.25) is 38.8 Å². The van der Waals surface area contributed by atoms with Crippen molar-refractivity contribution in [2.75, 3.05) is 78.5 Å².